The van der Waals surface area contributed by atoms with Gasteiger partial charge in [0.25, 0.3) is 5.91 Å². The molecule has 156 valence electrons. The quantitative estimate of drug-likeness (QED) is 0.614. The Kier molecular flexibility index (Phi) is 7.39. The van der Waals surface area contributed by atoms with E-state index in [4.69, 9.17) is 0 Å². The SMILES string of the molecule is CCCS(=O)(=O)Nc1ccccc1C(=O)NCC(=O)Nc1c(C)cc(C)cc1C. The lowest BCUT2D eigenvalue weighted by molar-refractivity contribution is -0.115. The van der Waals surface area contributed by atoms with Crippen molar-refractivity contribution in [3.05, 3.63) is 58.7 Å². The fourth-order valence-electron chi connectivity index (χ4n) is 3.07. The maximum atomic E-state index is 12.5. The van der Waals surface area contributed by atoms with E-state index in [2.05, 4.69) is 15.4 Å². The number of nitrogens with one attached hydrogen (secondary N) is 3. The normalized spacial score (nSPS) is 11.0. The second-order valence-electron chi connectivity index (χ2n) is 6.97. The lowest BCUT2D eigenvalue weighted by Gasteiger charge is -2.14. The van der Waals surface area contributed by atoms with E-state index in [9.17, 15) is 18.0 Å². The van der Waals surface area contributed by atoms with Gasteiger partial charge in [0.1, 0.15) is 0 Å². The first-order valence-electron chi connectivity index (χ1n) is 9.38. The van der Waals surface area contributed by atoms with Crippen molar-refractivity contribution < 1.29 is 18.0 Å². The summed E-state index contributed by atoms with van der Waals surface area (Å²) in [5.41, 5.74) is 4.05. The van der Waals surface area contributed by atoms with E-state index in [1.807, 2.05) is 32.9 Å². The summed E-state index contributed by atoms with van der Waals surface area (Å²) >= 11 is 0. The molecule has 0 aliphatic rings. The summed E-state index contributed by atoms with van der Waals surface area (Å²) in [5, 5.41) is 5.36. The Hall–Kier alpha value is -2.87. The highest BCUT2D eigenvalue weighted by atomic mass is 32.2. The molecule has 0 saturated heterocycles. The van der Waals surface area contributed by atoms with Gasteiger partial charge in [-0.05, 0) is 50.5 Å². The van der Waals surface area contributed by atoms with Gasteiger partial charge in [-0.15, -0.1) is 0 Å². The van der Waals surface area contributed by atoms with Crippen LogP contribution in [0.3, 0.4) is 0 Å². The smallest absolute Gasteiger partial charge is 0.253 e. The zero-order valence-corrected chi connectivity index (χ0v) is 17.9. The van der Waals surface area contributed by atoms with Crippen LogP contribution in [0.2, 0.25) is 0 Å². The van der Waals surface area contributed by atoms with Crippen LogP contribution in [0.15, 0.2) is 36.4 Å². The standard InChI is InChI=1S/C21H27N3O4S/c1-5-10-29(27,28)24-18-9-7-6-8-17(18)21(26)22-13-19(25)23-20-15(3)11-14(2)12-16(20)4/h6-9,11-12,24H,5,10,13H2,1-4H3,(H,22,26)(H,23,25). The minimum atomic E-state index is -3.54. The van der Waals surface area contributed by atoms with Gasteiger partial charge in [0.05, 0.1) is 23.5 Å². The molecule has 2 amide bonds. The molecule has 8 heteroatoms. The van der Waals surface area contributed by atoms with E-state index in [1.54, 1.807) is 19.1 Å². The largest absolute Gasteiger partial charge is 0.343 e. The van der Waals surface area contributed by atoms with Crippen molar-refractivity contribution in [2.45, 2.75) is 34.1 Å². The van der Waals surface area contributed by atoms with E-state index >= 15 is 0 Å². The summed E-state index contributed by atoms with van der Waals surface area (Å²) in [5.74, 6) is -0.939. The summed E-state index contributed by atoms with van der Waals surface area (Å²) in [6, 6.07) is 10.2. The number of hydrogen-bond acceptors (Lipinski definition) is 4. The molecule has 0 saturated carbocycles. The first kappa shape index (κ1) is 22.4. The molecule has 0 spiro atoms. The molecule has 7 nitrogen and oxygen atoms in total. The maximum absolute atomic E-state index is 12.5. The highest BCUT2D eigenvalue weighted by molar-refractivity contribution is 7.92. The molecule has 2 aromatic rings. The summed E-state index contributed by atoms with van der Waals surface area (Å²) in [4.78, 5) is 24.8. The number of carbonyl (C=O) groups excluding carboxylic acids is 2. The number of aryl methyl sites for hydroxylation is 3. The Balaban J connectivity index is 2.06. The average molecular weight is 418 g/mol. The van der Waals surface area contributed by atoms with E-state index in [0.717, 1.165) is 22.4 Å². The Morgan fingerprint density at radius 2 is 1.62 bits per heavy atom. The second-order valence-corrected chi connectivity index (χ2v) is 8.81. The molecule has 0 aliphatic carbocycles. The zero-order valence-electron chi connectivity index (χ0n) is 17.1. The molecule has 0 aromatic heterocycles. The number of hydrogen-bond donors (Lipinski definition) is 3. The highest BCUT2D eigenvalue weighted by Gasteiger charge is 2.17. The molecule has 0 atom stereocenters. The van der Waals surface area contributed by atoms with Crippen molar-refractivity contribution in [1.82, 2.24) is 5.32 Å². The van der Waals surface area contributed by atoms with Crippen molar-refractivity contribution in [2.24, 2.45) is 0 Å². The zero-order chi connectivity index (χ0) is 21.6. The van der Waals surface area contributed by atoms with Crippen molar-refractivity contribution in [1.29, 1.82) is 0 Å². The molecular weight excluding hydrogens is 390 g/mol. The Morgan fingerprint density at radius 1 is 1.00 bits per heavy atom. The summed E-state index contributed by atoms with van der Waals surface area (Å²) in [6.07, 6.45) is 0.460. The van der Waals surface area contributed by atoms with Crippen LogP contribution in [0, 0.1) is 20.8 Å². The van der Waals surface area contributed by atoms with Gasteiger partial charge in [-0.25, -0.2) is 8.42 Å². The number of carbonyl (C=O) groups is 2. The topological polar surface area (TPSA) is 104 Å². The number of rotatable bonds is 8. The third-order valence-electron chi connectivity index (χ3n) is 4.26. The third-order valence-corrected chi connectivity index (χ3v) is 5.74. The van der Waals surface area contributed by atoms with Crippen molar-refractivity contribution >= 4 is 33.2 Å². The van der Waals surface area contributed by atoms with Gasteiger partial charge in [-0.1, -0.05) is 36.8 Å². The van der Waals surface area contributed by atoms with Gasteiger partial charge in [-0.3, -0.25) is 14.3 Å². The fourth-order valence-corrected chi connectivity index (χ4v) is 4.23. The van der Waals surface area contributed by atoms with Gasteiger partial charge in [0.2, 0.25) is 15.9 Å². The molecule has 0 heterocycles. The van der Waals surface area contributed by atoms with Crippen LogP contribution in [0.5, 0.6) is 0 Å². The summed E-state index contributed by atoms with van der Waals surface area (Å²) in [7, 11) is -3.54. The second kappa shape index (κ2) is 9.56. The van der Waals surface area contributed by atoms with Crippen molar-refractivity contribution in [3.8, 4) is 0 Å². The molecule has 0 unspecified atom stereocenters. The molecule has 2 aromatic carbocycles. The monoisotopic (exact) mass is 417 g/mol. The molecule has 3 N–H and O–H groups in total. The molecule has 0 fully saturated rings. The van der Waals surface area contributed by atoms with Crippen LogP contribution < -0.4 is 15.4 Å². The summed E-state index contributed by atoms with van der Waals surface area (Å²) < 4.78 is 26.5. The van der Waals surface area contributed by atoms with E-state index < -0.39 is 15.9 Å². The van der Waals surface area contributed by atoms with Crippen molar-refractivity contribution in [2.75, 3.05) is 22.3 Å². The predicted octanol–water partition coefficient (Wildman–Crippen LogP) is 3.13. The number of benzene rings is 2. The lowest BCUT2D eigenvalue weighted by atomic mass is 10.1. The maximum Gasteiger partial charge on any atom is 0.253 e. The highest BCUT2D eigenvalue weighted by Crippen LogP contribution is 2.22. The molecule has 0 aliphatic heterocycles. The molecule has 2 rings (SSSR count). The van der Waals surface area contributed by atoms with Crippen LogP contribution >= 0.6 is 0 Å². The Morgan fingerprint density at radius 3 is 2.24 bits per heavy atom. The molecule has 0 bridgehead atoms. The van der Waals surface area contributed by atoms with Gasteiger partial charge >= 0.3 is 0 Å². The Bertz CT molecular complexity index is 993. The number of para-hydroxylation sites is 1. The van der Waals surface area contributed by atoms with E-state index in [-0.39, 0.29) is 29.5 Å². The first-order chi connectivity index (χ1) is 13.6. The lowest BCUT2D eigenvalue weighted by Crippen LogP contribution is -2.33. The Labute approximate surface area is 172 Å². The third kappa shape index (κ3) is 6.32. The molecule has 29 heavy (non-hydrogen) atoms. The van der Waals surface area contributed by atoms with Crippen LogP contribution in [-0.2, 0) is 14.8 Å². The van der Waals surface area contributed by atoms with Crippen LogP contribution in [-0.4, -0.2) is 32.5 Å². The number of sulfonamides is 1. The van der Waals surface area contributed by atoms with Gasteiger partial charge in [0, 0.05) is 5.69 Å². The molecular formula is C21H27N3O4S. The van der Waals surface area contributed by atoms with Gasteiger partial charge in [-0.2, -0.15) is 0 Å². The van der Waals surface area contributed by atoms with Gasteiger partial charge in [0.15, 0.2) is 0 Å². The summed E-state index contributed by atoms with van der Waals surface area (Å²) in [6.45, 7) is 7.33. The predicted molar refractivity (Wildman–Crippen MR) is 116 cm³/mol. The minimum absolute atomic E-state index is 0.0411. The first-order valence-corrected chi connectivity index (χ1v) is 11.0. The number of anilines is 2. The van der Waals surface area contributed by atoms with Crippen LogP contribution in [0.1, 0.15) is 40.4 Å². The van der Waals surface area contributed by atoms with E-state index in [0.29, 0.717) is 6.42 Å². The average Bonchev–Trinajstić information content (AvgIpc) is 2.62. The van der Waals surface area contributed by atoms with Crippen LogP contribution in [0.4, 0.5) is 11.4 Å². The van der Waals surface area contributed by atoms with Gasteiger partial charge < -0.3 is 10.6 Å². The van der Waals surface area contributed by atoms with E-state index in [1.165, 1.54) is 12.1 Å². The fraction of sp³-hybridized carbons (Fsp3) is 0.333. The minimum Gasteiger partial charge on any atom is -0.343 e. The van der Waals surface area contributed by atoms with Crippen LogP contribution in [0.25, 0.3) is 0 Å². The molecule has 0 radical (unpaired) electrons. The van der Waals surface area contributed by atoms with Crippen molar-refractivity contribution in [3.63, 3.8) is 0 Å². The number of amides is 2.